The Morgan fingerprint density at radius 1 is 1.24 bits per heavy atom. The van der Waals surface area contributed by atoms with Gasteiger partial charge in [-0.3, -0.25) is 4.79 Å². The topological polar surface area (TPSA) is 78.7 Å². The third-order valence-electron chi connectivity index (χ3n) is 6.32. The molecule has 11 heteroatoms. The van der Waals surface area contributed by atoms with Crippen LogP contribution in [0.25, 0.3) is 11.3 Å². The molecule has 1 amide bonds. The number of carbonyl (C=O) groups is 1. The summed E-state index contributed by atoms with van der Waals surface area (Å²) >= 11 is 8.10. The lowest BCUT2D eigenvalue weighted by Gasteiger charge is -2.33. The first-order valence-electron chi connectivity index (χ1n) is 11.5. The summed E-state index contributed by atoms with van der Waals surface area (Å²) < 4.78 is 40.4. The highest BCUT2D eigenvalue weighted by Crippen LogP contribution is 2.44. The fourth-order valence-electron chi connectivity index (χ4n) is 4.23. The molecule has 37 heavy (non-hydrogen) atoms. The van der Waals surface area contributed by atoms with Gasteiger partial charge in [0, 0.05) is 15.5 Å². The van der Waals surface area contributed by atoms with Crippen LogP contribution >= 0.6 is 34.7 Å². The van der Waals surface area contributed by atoms with Crippen LogP contribution in [0.5, 0.6) is 0 Å². The van der Waals surface area contributed by atoms with Gasteiger partial charge in [0.15, 0.2) is 5.16 Å². The quantitative estimate of drug-likeness (QED) is 0.254. The minimum Gasteiger partial charge on any atom is -0.316 e. The van der Waals surface area contributed by atoms with E-state index in [1.165, 1.54) is 11.3 Å². The van der Waals surface area contributed by atoms with Crippen molar-refractivity contribution < 1.29 is 18.0 Å². The van der Waals surface area contributed by atoms with Crippen LogP contribution in [0.4, 0.5) is 18.2 Å². The molecule has 0 fully saturated rings. The van der Waals surface area contributed by atoms with Crippen LogP contribution in [-0.4, -0.2) is 21.6 Å². The fraction of sp³-hybridized carbons (Fsp3) is 0.385. The first-order chi connectivity index (χ1) is 17.3. The smallest absolute Gasteiger partial charge is 0.316 e. The number of rotatable bonds is 5. The van der Waals surface area contributed by atoms with Crippen LogP contribution in [0.1, 0.15) is 48.9 Å². The number of thioether (sulfide) groups is 1. The summed E-state index contributed by atoms with van der Waals surface area (Å²) in [5, 5.41) is 13.3. The molecule has 1 N–H and O–H groups in total. The van der Waals surface area contributed by atoms with Crippen molar-refractivity contribution in [2.24, 2.45) is 11.3 Å². The Labute approximate surface area is 226 Å². The molecule has 3 aromatic rings. The minimum atomic E-state index is -4.68. The summed E-state index contributed by atoms with van der Waals surface area (Å²) in [5.41, 5.74) is 1.04. The maximum absolute atomic E-state index is 13.5. The number of hydrogen-bond acceptors (Lipinski definition) is 6. The van der Waals surface area contributed by atoms with Crippen molar-refractivity contribution in [3.8, 4) is 17.3 Å². The lowest BCUT2D eigenvalue weighted by Crippen LogP contribution is -2.26. The lowest BCUT2D eigenvalue weighted by molar-refractivity contribution is -0.141. The predicted octanol–water partition coefficient (Wildman–Crippen LogP) is 7.63. The Kier molecular flexibility index (Phi) is 7.88. The highest BCUT2D eigenvalue weighted by atomic mass is 35.5. The van der Waals surface area contributed by atoms with Crippen molar-refractivity contribution in [1.29, 1.82) is 5.26 Å². The van der Waals surface area contributed by atoms with Crippen molar-refractivity contribution in [3.63, 3.8) is 0 Å². The largest absolute Gasteiger partial charge is 0.433 e. The highest BCUT2D eigenvalue weighted by Gasteiger charge is 2.34. The minimum absolute atomic E-state index is 0.0769. The molecule has 1 aliphatic rings. The molecule has 0 radical (unpaired) electrons. The second-order valence-electron chi connectivity index (χ2n) is 9.89. The molecule has 4 rings (SSSR count). The molecule has 2 heterocycles. The van der Waals surface area contributed by atoms with Gasteiger partial charge in [0.2, 0.25) is 5.91 Å². The molecule has 0 saturated carbocycles. The molecule has 1 atom stereocenters. The maximum Gasteiger partial charge on any atom is 0.433 e. The van der Waals surface area contributed by atoms with E-state index in [0.29, 0.717) is 27.1 Å². The number of nitriles is 1. The van der Waals surface area contributed by atoms with Crippen LogP contribution in [0, 0.1) is 22.7 Å². The van der Waals surface area contributed by atoms with Gasteiger partial charge in [-0.15, -0.1) is 11.3 Å². The van der Waals surface area contributed by atoms with Gasteiger partial charge in [-0.2, -0.15) is 18.4 Å². The number of alkyl halides is 3. The summed E-state index contributed by atoms with van der Waals surface area (Å²) in [6.07, 6.45) is -2.06. The number of fused-ring (bicyclic) bond motifs is 1. The zero-order valence-electron chi connectivity index (χ0n) is 20.4. The number of anilines is 1. The van der Waals surface area contributed by atoms with Gasteiger partial charge in [0.1, 0.15) is 16.8 Å². The molecule has 0 unspecified atom stereocenters. The van der Waals surface area contributed by atoms with Gasteiger partial charge in [0.25, 0.3) is 0 Å². The van der Waals surface area contributed by atoms with Gasteiger partial charge in [-0.25, -0.2) is 9.97 Å². The van der Waals surface area contributed by atoms with Crippen LogP contribution in [0.2, 0.25) is 5.02 Å². The Morgan fingerprint density at radius 2 is 1.95 bits per heavy atom. The van der Waals surface area contributed by atoms with E-state index in [2.05, 4.69) is 42.1 Å². The van der Waals surface area contributed by atoms with Crippen molar-refractivity contribution in [2.75, 3.05) is 11.1 Å². The normalized spacial score (nSPS) is 15.7. The van der Waals surface area contributed by atoms with Crippen LogP contribution in [-0.2, 0) is 23.8 Å². The first kappa shape index (κ1) is 27.4. The van der Waals surface area contributed by atoms with Gasteiger partial charge in [0.05, 0.1) is 17.0 Å². The van der Waals surface area contributed by atoms with Crippen LogP contribution < -0.4 is 5.32 Å². The second-order valence-corrected chi connectivity index (χ2v) is 12.4. The highest BCUT2D eigenvalue weighted by molar-refractivity contribution is 7.99. The number of nitrogens with one attached hydrogen (secondary N) is 1. The lowest BCUT2D eigenvalue weighted by atomic mass is 9.72. The number of amides is 1. The van der Waals surface area contributed by atoms with Gasteiger partial charge in [-0.05, 0) is 54.4 Å². The van der Waals surface area contributed by atoms with E-state index >= 15 is 0 Å². The summed E-state index contributed by atoms with van der Waals surface area (Å²) in [6, 6.07) is 9.34. The summed E-state index contributed by atoms with van der Waals surface area (Å²) in [5.74, 6) is -0.168. The molecule has 194 valence electrons. The molecule has 0 aliphatic heterocycles. The van der Waals surface area contributed by atoms with E-state index in [9.17, 15) is 23.2 Å². The Hall–Kier alpha value is -2.61. The van der Waals surface area contributed by atoms with Crippen molar-refractivity contribution in [3.05, 3.63) is 57.1 Å². The predicted molar refractivity (Wildman–Crippen MR) is 141 cm³/mol. The molecular formula is C26H24ClF3N4OS2. The third kappa shape index (κ3) is 6.46. The van der Waals surface area contributed by atoms with E-state index in [4.69, 9.17) is 11.6 Å². The van der Waals surface area contributed by atoms with Gasteiger partial charge < -0.3 is 5.32 Å². The zero-order valence-corrected chi connectivity index (χ0v) is 22.8. The van der Waals surface area contributed by atoms with E-state index in [-0.39, 0.29) is 22.0 Å². The van der Waals surface area contributed by atoms with E-state index in [0.717, 1.165) is 47.5 Å². The standard InChI is InChI=1S/C26H24ClF3N4OS2/c1-25(2,3)15-6-9-17-18(12-31)23(37-20(17)10-15)34-22(35)13-36-24-32-19(11-21(33-24)26(28,29)30)14-4-7-16(27)8-5-14/h4-5,7-8,11,15H,6,9-10,13H2,1-3H3,(H,34,35)/t15-/m1/s1. The summed E-state index contributed by atoms with van der Waals surface area (Å²) in [7, 11) is 0. The molecule has 0 bridgehead atoms. The maximum atomic E-state index is 13.5. The molecular weight excluding hydrogens is 541 g/mol. The third-order valence-corrected chi connectivity index (χ3v) is 8.59. The summed E-state index contributed by atoms with van der Waals surface area (Å²) in [4.78, 5) is 21.7. The fourth-order valence-corrected chi connectivity index (χ4v) is 6.31. The van der Waals surface area contributed by atoms with Crippen molar-refractivity contribution >= 4 is 45.6 Å². The molecule has 0 spiro atoms. The molecule has 1 aromatic carbocycles. The average molecular weight is 565 g/mol. The van der Waals surface area contributed by atoms with Gasteiger partial charge in [-0.1, -0.05) is 56.3 Å². The number of nitrogens with zero attached hydrogens (tertiary/aromatic N) is 3. The molecule has 5 nitrogen and oxygen atoms in total. The number of aromatic nitrogens is 2. The van der Waals surface area contributed by atoms with Gasteiger partial charge >= 0.3 is 6.18 Å². The van der Waals surface area contributed by atoms with E-state index in [1.807, 2.05) is 0 Å². The average Bonchev–Trinajstić information content (AvgIpc) is 3.18. The number of halogens is 4. The van der Waals surface area contributed by atoms with Crippen molar-refractivity contribution in [1.82, 2.24) is 9.97 Å². The Morgan fingerprint density at radius 3 is 2.57 bits per heavy atom. The number of benzene rings is 1. The molecule has 2 aromatic heterocycles. The van der Waals surface area contributed by atoms with Crippen LogP contribution in [0.15, 0.2) is 35.5 Å². The molecule has 0 saturated heterocycles. The first-order valence-corrected chi connectivity index (χ1v) is 13.7. The Bertz CT molecular complexity index is 1360. The number of thiophene rings is 1. The Balaban J connectivity index is 1.51. The number of hydrogen-bond donors (Lipinski definition) is 1. The monoisotopic (exact) mass is 564 g/mol. The zero-order chi connectivity index (χ0) is 27.0. The van der Waals surface area contributed by atoms with Crippen LogP contribution in [0.3, 0.4) is 0 Å². The molecule has 1 aliphatic carbocycles. The summed E-state index contributed by atoms with van der Waals surface area (Å²) in [6.45, 7) is 6.61. The second kappa shape index (κ2) is 10.6. The van der Waals surface area contributed by atoms with E-state index < -0.39 is 17.8 Å². The van der Waals surface area contributed by atoms with Crippen molar-refractivity contribution in [2.45, 2.75) is 51.4 Å². The SMILES string of the molecule is CC(C)(C)[C@@H]1CCc2c(sc(NC(=O)CSc3nc(-c4ccc(Cl)cc4)cc(C(F)(F)F)n3)c2C#N)C1. The van der Waals surface area contributed by atoms with E-state index in [1.54, 1.807) is 24.3 Å². The number of carbonyl (C=O) groups excluding carboxylic acids is 1.